The molecule has 1 fully saturated rings. The van der Waals surface area contributed by atoms with Crippen LogP contribution in [0.2, 0.25) is 0 Å². The number of carbonyl (C=O) groups is 1. The van der Waals surface area contributed by atoms with Gasteiger partial charge in [0.25, 0.3) is 5.91 Å². The van der Waals surface area contributed by atoms with Crippen LogP contribution in [0.15, 0.2) is 59.6 Å². The van der Waals surface area contributed by atoms with Gasteiger partial charge in [-0.3, -0.25) is 9.69 Å². The molecule has 2 aromatic rings. The van der Waals surface area contributed by atoms with Crippen molar-refractivity contribution in [1.29, 1.82) is 0 Å². The number of rotatable bonds is 3. The Morgan fingerprint density at radius 1 is 1.12 bits per heavy atom. The number of nitrogens with zero attached hydrogens (tertiary/aromatic N) is 2. The van der Waals surface area contributed by atoms with Crippen LogP contribution < -0.4 is 9.47 Å². The Bertz CT molecular complexity index is 865. The molecule has 1 saturated heterocycles. The molecule has 0 radical (unpaired) electrons. The van der Waals surface area contributed by atoms with E-state index in [4.69, 9.17) is 9.47 Å². The van der Waals surface area contributed by atoms with Crippen molar-refractivity contribution in [2.45, 2.75) is 6.42 Å². The standard InChI is InChI=1S/C20H18N2O3S/c23-19(10-8-15-7-9-17-18(13-15)25-14-24-17)22-11-4-12-26-20(22)21-16-5-2-1-3-6-16/h1-3,5-10,13H,4,11-12,14H2. The quantitative estimate of drug-likeness (QED) is 0.768. The molecule has 0 saturated carbocycles. The number of ether oxygens (including phenoxy) is 2. The number of amides is 1. The van der Waals surface area contributed by atoms with E-state index >= 15 is 0 Å². The number of hydrogen-bond acceptors (Lipinski definition) is 5. The molecular formula is C20H18N2O3S. The first kappa shape index (κ1) is 16.7. The average molecular weight is 366 g/mol. The second-order valence-corrected chi connectivity index (χ2v) is 6.93. The van der Waals surface area contributed by atoms with Crippen LogP contribution in [0.25, 0.3) is 6.08 Å². The highest BCUT2D eigenvalue weighted by atomic mass is 32.2. The lowest BCUT2D eigenvalue weighted by Gasteiger charge is -2.26. The van der Waals surface area contributed by atoms with Crippen molar-refractivity contribution >= 4 is 34.6 Å². The molecule has 2 aromatic carbocycles. The maximum absolute atomic E-state index is 12.7. The van der Waals surface area contributed by atoms with Gasteiger partial charge in [-0.15, -0.1) is 0 Å². The number of benzene rings is 2. The van der Waals surface area contributed by atoms with E-state index in [0.717, 1.165) is 34.3 Å². The predicted octanol–water partition coefficient (Wildman–Crippen LogP) is 4.08. The first-order valence-corrected chi connectivity index (χ1v) is 9.44. The van der Waals surface area contributed by atoms with Gasteiger partial charge in [0, 0.05) is 18.4 Å². The lowest BCUT2D eigenvalue weighted by molar-refractivity contribution is -0.122. The lowest BCUT2D eigenvalue weighted by atomic mass is 10.2. The molecule has 0 unspecified atom stereocenters. The van der Waals surface area contributed by atoms with Crippen molar-refractivity contribution in [2.24, 2.45) is 4.99 Å². The van der Waals surface area contributed by atoms with Crippen molar-refractivity contribution in [3.05, 3.63) is 60.2 Å². The minimum Gasteiger partial charge on any atom is -0.454 e. The van der Waals surface area contributed by atoms with Crippen LogP contribution in [0.5, 0.6) is 11.5 Å². The first-order chi connectivity index (χ1) is 12.8. The van der Waals surface area contributed by atoms with Gasteiger partial charge in [-0.25, -0.2) is 4.99 Å². The Morgan fingerprint density at radius 3 is 2.85 bits per heavy atom. The Labute approximate surface area is 156 Å². The molecule has 2 aliphatic heterocycles. The van der Waals surface area contributed by atoms with Gasteiger partial charge in [0.05, 0.1) is 5.69 Å². The highest BCUT2D eigenvalue weighted by molar-refractivity contribution is 8.13. The minimum atomic E-state index is -0.0652. The van der Waals surface area contributed by atoms with E-state index in [9.17, 15) is 4.79 Å². The molecule has 26 heavy (non-hydrogen) atoms. The van der Waals surface area contributed by atoms with Crippen molar-refractivity contribution in [1.82, 2.24) is 4.90 Å². The molecule has 5 nitrogen and oxygen atoms in total. The maximum Gasteiger partial charge on any atom is 0.252 e. The summed E-state index contributed by atoms with van der Waals surface area (Å²) in [4.78, 5) is 19.1. The minimum absolute atomic E-state index is 0.0652. The van der Waals surface area contributed by atoms with Gasteiger partial charge in [-0.05, 0) is 42.3 Å². The summed E-state index contributed by atoms with van der Waals surface area (Å²) in [5.41, 5.74) is 1.75. The summed E-state index contributed by atoms with van der Waals surface area (Å²) >= 11 is 1.62. The van der Waals surface area contributed by atoms with E-state index in [0.29, 0.717) is 12.3 Å². The summed E-state index contributed by atoms with van der Waals surface area (Å²) in [7, 11) is 0. The second-order valence-electron chi connectivity index (χ2n) is 5.87. The Morgan fingerprint density at radius 2 is 1.96 bits per heavy atom. The predicted molar refractivity (Wildman–Crippen MR) is 104 cm³/mol. The average Bonchev–Trinajstić information content (AvgIpc) is 3.15. The fraction of sp³-hybridized carbons (Fsp3) is 0.200. The van der Waals surface area contributed by atoms with Crippen molar-refractivity contribution < 1.29 is 14.3 Å². The molecule has 1 amide bonds. The molecule has 0 spiro atoms. The van der Waals surface area contributed by atoms with Crippen LogP contribution in [0, 0.1) is 0 Å². The van der Waals surface area contributed by atoms with E-state index < -0.39 is 0 Å². The van der Waals surface area contributed by atoms with Gasteiger partial charge < -0.3 is 9.47 Å². The fourth-order valence-electron chi connectivity index (χ4n) is 2.74. The zero-order chi connectivity index (χ0) is 17.8. The smallest absolute Gasteiger partial charge is 0.252 e. The summed E-state index contributed by atoms with van der Waals surface area (Å²) in [6.07, 6.45) is 4.34. The number of fused-ring (bicyclic) bond motifs is 1. The number of aliphatic imine (C=N–C) groups is 1. The number of amidine groups is 1. The molecule has 4 rings (SSSR count). The van der Waals surface area contributed by atoms with E-state index in [1.807, 2.05) is 48.5 Å². The van der Waals surface area contributed by atoms with Gasteiger partial charge in [-0.1, -0.05) is 36.0 Å². The SMILES string of the molecule is O=C(C=Cc1ccc2c(c1)OCO2)N1CCCSC1=Nc1ccccc1. The number of hydrogen-bond donors (Lipinski definition) is 0. The summed E-state index contributed by atoms with van der Waals surface area (Å²) in [6, 6.07) is 15.3. The Balaban J connectivity index is 1.51. The van der Waals surface area contributed by atoms with Gasteiger partial charge in [-0.2, -0.15) is 0 Å². The third-order valence-corrected chi connectivity index (χ3v) is 5.11. The molecule has 0 atom stereocenters. The number of carbonyl (C=O) groups excluding carboxylic acids is 1. The third kappa shape index (κ3) is 3.75. The zero-order valence-electron chi connectivity index (χ0n) is 14.1. The van der Waals surface area contributed by atoms with Crippen LogP contribution in [-0.2, 0) is 4.79 Å². The zero-order valence-corrected chi connectivity index (χ0v) is 14.9. The molecular weight excluding hydrogens is 348 g/mol. The van der Waals surface area contributed by atoms with Gasteiger partial charge in [0.15, 0.2) is 16.7 Å². The maximum atomic E-state index is 12.7. The summed E-state index contributed by atoms with van der Waals surface area (Å²) in [5.74, 6) is 2.35. The third-order valence-electron chi connectivity index (χ3n) is 4.05. The van der Waals surface area contributed by atoms with Crippen molar-refractivity contribution in [3.63, 3.8) is 0 Å². The molecule has 0 N–H and O–H groups in total. The Kier molecular flexibility index (Phi) is 4.93. The summed E-state index contributed by atoms with van der Waals surface area (Å²) in [5, 5.41) is 0.753. The van der Waals surface area contributed by atoms with E-state index in [2.05, 4.69) is 4.99 Å². The van der Waals surface area contributed by atoms with Crippen LogP contribution in [0.4, 0.5) is 5.69 Å². The largest absolute Gasteiger partial charge is 0.454 e. The lowest BCUT2D eigenvalue weighted by Crippen LogP contribution is -2.38. The van der Waals surface area contributed by atoms with Crippen LogP contribution in [-0.4, -0.2) is 35.1 Å². The monoisotopic (exact) mass is 366 g/mol. The van der Waals surface area contributed by atoms with Crippen LogP contribution in [0.1, 0.15) is 12.0 Å². The summed E-state index contributed by atoms with van der Waals surface area (Å²) < 4.78 is 10.7. The molecule has 2 heterocycles. The molecule has 0 aliphatic carbocycles. The highest BCUT2D eigenvalue weighted by Gasteiger charge is 2.22. The second kappa shape index (κ2) is 7.66. The highest BCUT2D eigenvalue weighted by Crippen LogP contribution is 2.32. The van der Waals surface area contributed by atoms with Gasteiger partial charge >= 0.3 is 0 Å². The van der Waals surface area contributed by atoms with Crippen LogP contribution >= 0.6 is 11.8 Å². The molecule has 0 aromatic heterocycles. The fourth-order valence-corrected chi connectivity index (χ4v) is 3.71. The Hall–Kier alpha value is -2.73. The normalized spacial score (nSPS) is 17.8. The van der Waals surface area contributed by atoms with E-state index in [-0.39, 0.29) is 12.7 Å². The van der Waals surface area contributed by atoms with Gasteiger partial charge in [0.2, 0.25) is 6.79 Å². The van der Waals surface area contributed by atoms with Crippen molar-refractivity contribution in [3.8, 4) is 11.5 Å². The molecule has 0 bridgehead atoms. The molecule has 6 heteroatoms. The van der Waals surface area contributed by atoms with Crippen molar-refractivity contribution in [2.75, 3.05) is 19.1 Å². The van der Waals surface area contributed by atoms with E-state index in [1.54, 1.807) is 28.8 Å². The number of para-hydroxylation sites is 1. The number of thioether (sulfide) groups is 1. The van der Waals surface area contributed by atoms with Gasteiger partial charge in [0.1, 0.15) is 0 Å². The topological polar surface area (TPSA) is 51.1 Å². The molecule has 132 valence electrons. The van der Waals surface area contributed by atoms with E-state index in [1.165, 1.54) is 0 Å². The van der Waals surface area contributed by atoms with Crippen LogP contribution in [0.3, 0.4) is 0 Å². The molecule has 2 aliphatic rings. The summed E-state index contributed by atoms with van der Waals surface area (Å²) in [6.45, 7) is 0.925. The first-order valence-electron chi connectivity index (χ1n) is 8.45.